The monoisotopic (exact) mass is 508 g/mol. The summed E-state index contributed by atoms with van der Waals surface area (Å²) >= 11 is 0. The van der Waals surface area contributed by atoms with Crippen molar-refractivity contribution in [2.75, 3.05) is 10.0 Å². The molecule has 0 saturated heterocycles. The molecule has 3 aromatic carbocycles. The maximum absolute atomic E-state index is 14.1. The molecule has 0 radical (unpaired) electrons. The van der Waals surface area contributed by atoms with E-state index in [9.17, 15) is 14.7 Å². The molecule has 0 spiro atoms. The minimum atomic E-state index is -0.698. The molecular weight excluding hydrogens is 476 g/mol. The molecule has 2 heterocycles. The maximum Gasteiger partial charge on any atom is 0.256 e. The van der Waals surface area contributed by atoms with Gasteiger partial charge in [0.2, 0.25) is 0 Å². The molecule has 0 bridgehead atoms. The second-order valence-electron chi connectivity index (χ2n) is 10.4. The van der Waals surface area contributed by atoms with Crippen LogP contribution in [0.3, 0.4) is 0 Å². The molecule has 0 aliphatic carbocycles. The lowest BCUT2D eigenvalue weighted by atomic mass is 9.73. The largest absolute Gasteiger partial charge is 0.508 e. The molecule has 38 heavy (non-hydrogen) atoms. The van der Waals surface area contributed by atoms with Crippen LogP contribution in [0.5, 0.6) is 5.75 Å². The molecule has 0 unspecified atom stereocenters. The van der Waals surface area contributed by atoms with Crippen LogP contribution in [-0.2, 0) is 9.59 Å². The van der Waals surface area contributed by atoms with E-state index in [1.54, 1.807) is 18.2 Å². The van der Waals surface area contributed by atoms with E-state index >= 15 is 0 Å². The van der Waals surface area contributed by atoms with Crippen LogP contribution in [-0.4, -0.2) is 28.3 Å². The smallest absolute Gasteiger partial charge is 0.256 e. The van der Waals surface area contributed by atoms with Gasteiger partial charge in [0, 0.05) is 17.3 Å². The van der Waals surface area contributed by atoms with E-state index in [-0.39, 0.29) is 17.6 Å². The van der Waals surface area contributed by atoms with Crippen molar-refractivity contribution in [3.8, 4) is 5.75 Å². The second-order valence-corrected chi connectivity index (χ2v) is 10.4. The summed E-state index contributed by atoms with van der Waals surface area (Å²) in [7, 11) is 0. The fourth-order valence-electron chi connectivity index (χ4n) is 5.73. The number of hydrazone groups is 2. The molecule has 194 valence electrons. The minimum Gasteiger partial charge on any atom is -0.508 e. The Morgan fingerprint density at radius 1 is 0.684 bits per heavy atom. The molecule has 3 aromatic rings. The number of hydrogen-bond donors (Lipinski definition) is 1. The summed E-state index contributed by atoms with van der Waals surface area (Å²) in [6, 6.07) is 18.6. The molecule has 7 nitrogen and oxygen atoms in total. The van der Waals surface area contributed by atoms with Gasteiger partial charge < -0.3 is 5.11 Å². The molecule has 1 N–H and O–H groups in total. The second kappa shape index (κ2) is 9.56. The average molecular weight is 509 g/mol. The first-order valence-electron chi connectivity index (χ1n) is 12.8. The molecule has 5 rings (SSSR count). The molecule has 2 atom stereocenters. The lowest BCUT2D eigenvalue weighted by Crippen LogP contribution is -2.40. The zero-order valence-corrected chi connectivity index (χ0v) is 22.6. The molecular formula is C31H32N4O3. The third-order valence-corrected chi connectivity index (χ3v) is 7.50. The van der Waals surface area contributed by atoms with E-state index in [4.69, 9.17) is 0 Å². The number of carbonyl (C=O) groups excluding carboxylic acids is 2. The van der Waals surface area contributed by atoms with Crippen LogP contribution in [0.25, 0.3) is 0 Å². The minimum absolute atomic E-state index is 0.0741. The van der Waals surface area contributed by atoms with Gasteiger partial charge in [-0.25, -0.2) is 0 Å². The van der Waals surface area contributed by atoms with Crippen LogP contribution in [0.1, 0.15) is 47.6 Å². The van der Waals surface area contributed by atoms with Gasteiger partial charge in [-0.3, -0.25) is 9.59 Å². The molecule has 0 aromatic heterocycles. The number of aromatic hydroxyl groups is 1. The number of carbonyl (C=O) groups is 2. The van der Waals surface area contributed by atoms with E-state index < -0.39 is 17.8 Å². The van der Waals surface area contributed by atoms with Crippen LogP contribution in [0, 0.1) is 39.5 Å². The topological polar surface area (TPSA) is 85.6 Å². The number of nitrogens with zero attached hydrogens (tertiary/aromatic N) is 4. The Labute approximate surface area is 223 Å². The van der Waals surface area contributed by atoms with Crippen molar-refractivity contribution in [2.24, 2.45) is 22.0 Å². The summed E-state index contributed by atoms with van der Waals surface area (Å²) in [5.74, 6) is -2.32. The number of amides is 2. The van der Waals surface area contributed by atoms with E-state index in [1.165, 1.54) is 10.0 Å². The van der Waals surface area contributed by atoms with Gasteiger partial charge in [0.05, 0.1) is 23.2 Å². The summed E-state index contributed by atoms with van der Waals surface area (Å²) in [5, 5.41) is 22.6. The highest BCUT2D eigenvalue weighted by Crippen LogP contribution is 2.44. The predicted octanol–water partition coefficient (Wildman–Crippen LogP) is 5.79. The SMILES string of the molecule is CC1=NN(c2ccc(C)cc2C)C(=O)[C@H]1C(c1cccc(O)c1)[C@@H]1C(=O)N(c2ccc(C)cc2C)N=C1C. The Morgan fingerprint density at radius 3 is 1.58 bits per heavy atom. The van der Waals surface area contributed by atoms with Crippen LogP contribution >= 0.6 is 0 Å². The van der Waals surface area contributed by atoms with Gasteiger partial charge in [-0.1, -0.05) is 47.5 Å². The van der Waals surface area contributed by atoms with Gasteiger partial charge in [0.15, 0.2) is 0 Å². The lowest BCUT2D eigenvalue weighted by Gasteiger charge is -2.29. The van der Waals surface area contributed by atoms with Crippen LogP contribution in [0.2, 0.25) is 0 Å². The van der Waals surface area contributed by atoms with Gasteiger partial charge in [-0.15, -0.1) is 0 Å². The van der Waals surface area contributed by atoms with Crippen molar-refractivity contribution < 1.29 is 14.7 Å². The summed E-state index contributed by atoms with van der Waals surface area (Å²) in [6.45, 7) is 11.6. The molecule has 2 amide bonds. The van der Waals surface area contributed by atoms with Gasteiger partial charge in [0.1, 0.15) is 5.75 Å². The van der Waals surface area contributed by atoms with Gasteiger partial charge >= 0.3 is 0 Å². The molecule has 0 fully saturated rings. The molecule has 0 saturated carbocycles. The third kappa shape index (κ3) is 4.28. The van der Waals surface area contributed by atoms with Crippen LogP contribution in [0.15, 0.2) is 70.9 Å². The van der Waals surface area contributed by atoms with E-state index in [2.05, 4.69) is 10.2 Å². The van der Waals surface area contributed by atoms with Crippen molar-refractivity contribution in [3.05, 3.63) is 88.5 Å². The summed E-state index contributed by atoms with van der Waals surface area (Å²) < 4.78 is 0. The highest BCUT2D eigenvalue weighted by atomic mass is 16.3. The summed E-state index contributed by atoms with van der Waals surface area (Å²) in [6.07, 6.45) is 0. The van der Waals surface area contributed by atoms with Crippen molar-refractivity contribution in [1.29, 1.82) is 0 Å². The fourth-order valence-corrected chi connectivity index (χ4v) is 5.73. The zero-order chi connectivity index (χ0) is 27.3. The molecule has 2 aliphatic rings. The van der Waals surface area contributed by atoms with Crippen molar-refractivity contribution in [2.45, 2.75) is 47.5 Å². The predicted molar refractivity (Wildman–Crippen MR) is 151 cm³/mol. The van der Waals surface area contributed by atoms with Crippen LogP contribution in [0.4, 0.5) is 11.4 Å². The first-order chi connectivity index (χ1) is 18.1. The summed E-state index contributed by atoms with van der Waals surface area (Å²) in [4.78, 5) is 28.1. The van der Waals surface area contributed by atoms with E-state index in [0.29, 0.717) is 17.0 Å². The maximum atomic E-state index is 14.1. The number of hydrogen-bond acceptors (Lipinski definition) is 5. The Bertz CT molecular complexity index is 1430. The highest BCUT2D eigenvalue weighted by molar-refractivity contribution is 6.20. The number of phenols is 1. The first-order valence-corrected chi connectivity index (χ1v) is 12.8. The zero-order valence-electron chi connectivity index (χ0n) is 22.6. The number of aryl methyl sites for hydroxylation is 4. The number of rotatable bonds is 5. The molecule has 2 aliphatic heterocycles. The van der Waals surface area contributed by atoms with Crippen LogP contribution < -0.4 is 10.0 Å². The Morgan fingerprint density at radius 2 is 1.16 bits per heavy atom. The standard InChI is InChI=1S/C31H32N4O3/c1-17-10-12-25(19(3)14-17)34-30(37)27(21(5)32-34)29(23-8-7-9-24(36)16-23)28-22(6)33-35(31(28)38)26-13-11-18(2)15-20(26)4/h7-16,27-29,36H,1-6H3/t27-,28-/m1/s1. The number of anilines is 2. The average Bonchev–Trinajstić information content (AvgIpc) is 3.30. The summed E-state index contributed by atoms with van der Waals surface area (Å²) in [5.41, 5.74) is 7.46. The number of phenolic OH excluding ortho intramolecular Hbond substituents is 1. The molecule has 7 heteroatoms. The number of benzene rings is 3. The van der Waals surface area contributed by atoms with Crippen molar-refractivity contribution >= 4 is 34.6 Å². The Kier molecular flexibility index (Phi) is 6.39. The quantitative estimate of drug-likeness (QED) is 0.474. The lowest BCUT2D eigenvalue weighted by molar-refractivity contribution is -0.122. The fraction of sp³-hybridized carbons (Fsp3) is 0.290. The third-order valence-electron chi connectivity index (χ3n) is 7.50. The van der Waals surface area contributed by atoms with E-state index in [1.807, 2.05) is 84.0 Å². The van der Waals surface area contributed by atoms with Crippen molar-refractivity contribution in [3.63, 3.8) is 0 Å². The Hall–Kier alpha value is -4.26. The Balaban J connectivity index is 1.59. The highest BCUT2D eigenvalue weighted by Gasteiger charge is 2.50. The van der Waals surface area contributed by atoms with Gasteiger partial charge in [-0.2, -0.15) is 20.2 Å². The normalized spacial score (nSPS) is 19.4. The first kappa shape index (κ1) is 25.4. The van der Waals surface area contributed by atoms with Gasteiger partial charge in [0.25, 0.3) is 11.8 Å². The van der Waals surface area contributed by atoms with Crippen molar-refractivity contribution in [1.82, 2.24) is 0 Å². The van der Waals surface area contributed by atoms with E-state index in [0.717, 1.165) is 33.6 Å². The van der Waals surface area contributed by atoms with Gasteiger partial charge in [-0.05, 0) is 82.5 Å².